The Labute approximate surface area is 249 Å². The van der Waals surface area contributed by atoms with Gasteiger partial charge in [0.25, 0.3) is 0 Å². The molecular weight excluding hydrogens is 524 g/mol. The van der Waals surface area contributed by atoms with E-state index in [0.717, 1.165) is 21.9 Å². The molecule has 1 aliphatic heterocycles. The first-order valence-corrected chi connectivity index (χ1v) is 14.8. The molecule has 0 fully saturated rings. The second-order valence-electron chi connectivity index (χ2n) is 11.4. The average Bonchev–Trinajstić information content (AvgIpc) is 3.60. The van der Waals surface area contributed by atoms with E-state index in [1.807, 2.05) is 12.1 Å². The van der Waals surface area contributed by atoms with Gasteiger partial charge in [-0.25, -0.2) is 0 Å². The van der Waals surface area contributed by atoms with Crippen molar-refractivity contribution in [2.75, 3.05) is 10.2 Å². The molecule has 3 heteroatoms. The van der Waals surface area contributed by atoms with Gasteiger partial charge in [0, 0.05) is 16.5 Å². The van der Waals surface area contributed by atoms with Crippen LogP contribution in [0, 0.1) is 0 Å². The van der Waals surface area contributed by atoms with Crippen molar-refractivity contribution in [1.82, 2.24) is 0 Å². The molecular formula is C40H28N2O. The van der Waals surface area contributed by atoms with Crippen LogP contribution in [0.2, 0.25) is 0 Å². The molecule has 0 spiro atoms. The van der Waals surface area contributed by atoms with Gasteiger partial charge in [0.1, 0.15) is 17.3 Å². The largest absolute Gasteiger partial charge is 0.456 e. The van der Waals surface area contributed by atoms with E-state index in [1.165, 1.54) is 60.9 Å². The molecule has 0 amide bonds. The van der Waals surface area contributed by atoms with Gasteiger partial charge in [0.2, 0.25) is 0 Å². The molecule has 2 heterocycles. The summed E-state index contributed by atoms with van der Waals surface area (Å²) < 4.78 is 6.16. The number of nitrogens with zero attached hydrogens (tertiary/aromatic N) is 1. The highest BCUT2D eigenvalue weighted by Gasteiger charge is 2.26. The Morgan fingerprint density at radius 3 is 1.74 bits per heavy atom. The van der Waals surface area contributed by atoms with Crippen LogP contribution in [0.5, 0.6) is 0 Å². The van der Waals surface area contributed by atoms with Gasteiger partial charge in [0.15, 0.2) is 0 Å². The van der Waals surface area contributed by atoms with E-state index < -0.39 is 0 Å². The number of nitrogens with one attached hydrogen (secondary N) is 1. The standard InChI is InChI=1S/C40H28N2O/c1-25-41-35-15-7-8-16-36(35)42(25)28-21-18-26(19-22-28)39-30-11-2-4-13-32(30)40(33-14-5-3-12-31(33)39)27-20-23-38-34(24-27)29-10-6-9-17-37(29)43-38/h2-25,41H,1H3. The fourth-order valence-corrected chi connectivity index (χ4v) is 7.09. The van der Waals surface area contributed by atoms with Crippen LogP contribution >= 0.6 is 0 Å². The first-order valence-electron chi connectivity index (χ1n) is 14.8. The summed E-state index contributed by atoms with van der Waals surface area (Å²) in [5.74, 6) is 0. The predicted molar refractivity (Wildman–Crippen MR) is 181 cm³/mol. The molecule has 7 aromatic carbocycles. The Bertz CT molecular complexity index is 2290. The summed E-state index contributed by atoms with van der Waals surface area (Å²) in [6, 6.07) is 50.2. The Morgan fingerprint density at radius 2 is 1.05 bits per heavy atom. The highest BCUT2D eigenvalue weighted by molar-refractivity contribution is 6.22. The summed E-state index contributed by atoms with van der Waals surface area (Å²) >= 11 is 0. The van der Waals surface area contributed by atoms with Gasteiger partial charge in [-0.15, -0.1) is 0 Å². The van der Waals surface area contributed by atoms with Gasteiger partial charge in [0.05, 0.1) is 11.4 Å². The molecule has 1 atom stereocenters. The molecule has 8 aromatic rings. The van der Waals surface area contributed by atoms with Crippen molar-refractivity contribution in [3.63, 3.8) is 0 Å². The molecule has 1 unspecified atom stereocenters. The number of fused-ring (bicyclic) bond motifs is 6. The number of benzene rings is 7. The van der Waals surface area contributed by atoms with Gasteiger partial charge in [-0.05, 0) is 93.2 Å². The lowest BCUT2D eigenvalue weighted by Gasteiger charge is -2.24. The highest BCUT2D eigenvalue weighted by atomic mass is 16.3. The van der Waals surface area contributed by atoms with Crippen LogP contribution in [0.4, 0.5) is 17.1 Å². The van der Waals surface area contributed by atoms with Crippen molar-refractivity contribution >= 4 is 60.5 Å². The summed E-state index contributed by atoms with van der Waals surface area (Å²) in [5, 5.41) is 10.9. The SMILES string of the molecule is CC1Nc2ccccc2N1c1ccc(-c2c3ccccc3c(-c3ccc4oc5ccccc5c4c3)c3ccccc23)cc1. The number of hydrogen-bond acceptors (Lipinski definition) is 3. The minimum atomic E-state index is 0.189. The summed E-state index contributed by atoms with van der Waals surface area (Å²) in [5.41, 5.74) is 10.3. The zero-order valence-corrected chi connectivity index (χ0v) is 23.7. The monoisotopic (exact) mass is 552 g/mol. The lowest BCUT2D eigenvalue weighted by atomic mass is 9.85. The maximum Gasteiger partial charge on any atom is 0.135 e. The zero-order valence-electron chi connectivity index (χ0n) is 23.7. The third kappa shape index (κ3) is 3.61. The molecule has 0 bridgehead atoms. The molecule has 9 rings (SSSR count). The molecule has 204 valence electrons. The second-order valence-corrected chi connectivity index (χ2v) is 11.4. The molecule has 1 aliphatic rings. The Balaban J connectivity index is 1.25. The van der Waals surface area contributed by atoms with E-state index in [9.17, 15) is 0 Å². The third-order valence-corrected chi connectivity index (χ3v) is 8.95. The number of furan rings is 1. The van der Waals surface area contributed by atoms with Crippen molar-refractivity contribution in [1.29, 1.82) is 0 Å². The van der Waals surface area contributed by atoms with Crippen LogP contribution in [0.25, 0.3) is 65.7 Å². The van der Waals surface area contributed by atoms with Gasteiger partial charge in [-0.2, -0.15) is 0 Å². The molecule has 43 heavy (non-hydrogen) atoms. The van der Waals surface area contributed by atoms with Crippen LogP contribution in [0.15, 0.2) is 144 Å². The minimum absolute atomic E-state index is 0.189. The lowest BCUT2D eigenvalue weighted by molar-refractivity contribution is 0.669. The molecule has 0 saturated heterocycles. The Hall–Kier alpha value is -5.54. The van der Waals surface area contributed by atoms with E-state index in [-0.39, 0.29) is 6.17 Å². The number of hydrogen-bond donors (Lipinski definition) is 1. The van der Waals surface area contributed by atoms with E-state index in [4.69, 9.17) is 4.42 Å². The van der Waals surface area contributed by atoms with Crippen LogP contribution in [0.3, 0.4) is 0 Å². The van der Waals surface area contributed by atoms with Crippen molar-refractivity contribution in [3.05, 3.63) is 140 Å². The molecule has 1 aromatic heterocycles. The van der Waals surface area contributed by atoms with Gasteiger partial charge in [-0.3, -0.25) is 0 Å². The molecule has 1 N–H and O–H groups in total. The maximum absolute atomic E-state index is 6.16. The summed E-state index contributed by atoms with van der Waals surface area (Å²) in [6.45, 7) is 2.21. The van der Waals surface area contributed by atoms with E-state index in [0.29, 0.717) is 0 Å². The second kappa shape index (κ2) is 9.23. The smallest absolute Gasteiger partial charge is 0.135 e. The van der Waals surface area contributed by atoms with Crippen LogP contribution in [0.1, 0.15) is 6.92 Å². The van der Waals surface area contributed by atoms with Gasteiger partial charge < -0.3 is 14.6 Å². The first kappa shape index (κ1) is 24.1. The lowest BCUT2D eigenvalue weighted by Crippen LogP contribution is -2.28. The van der Waals surface area contributed by atoms with E-state index in [2.05, 4.69) is 145 Å². The Morgan fingerprint density at radius 1 is 0.512 bits per heavy atom. The van der Waals surface area contributed by atoms with Crippen molar-refractivity contribution in [2.45, 2.75) is 13.1 Å². The highest BCUT2D eigenvalue weighted by Crippen LogP contribution is 2.46. The first-order chi connectivity index (χ1) is 21.2. The van der Waals surface area contributed by atoms with Gasteiger partial charge >= 0.3 is 0 Å². The third-order valence-electron chi connectivity index (χ3n) is 8.95. The normalized spacial score (nSPS) is 14.5. The topological polar surface area (TPSA) is 28.4 Å². The number of anilines is 3. The van der Waals surface area contributed by atoms with Crippen LogP contribution < -0.4 is 10.2 Å². The predicted octanol–water partition coefficient (Wildman–Crippen LogP) is 11.1. The van der Waals surface area contributed by atoms with E-state index >= 15 is 0 Å². The quantitative estimate of drug-likeness (QED) is 0.221. The summed E-state index contributed by atoms with van der Waals surface area (Å²) in [7, 11) is 0. The van der Waals surface area contributed by atoms with Crippen molar-refractivity contribution < 1.29 is 4.42 Å². The average molecular weight is 553 g/mol. The number of para-hydroxylation sites is 3. The summed E-state index contributed by atoms with van der Waals surface area (Å²) in [4.78, 5) is 2.37. The Kier molecular flexibility index (Phi) is 5.17. The fraction of sp³-hybridized carbons (Fsp3) is 0.0500. The van der Waals surface area contributed by atoms with Crippen molar-refractivity contribution in [3.8, 4) is 22.3 Å². The molecule has 0 aliphatic carbocycles. The minimum Gasteiger partial charge on any atom is -0.456 e. The molecule has 3 nitrogen and oxygen atoms in total. The molecule has 0 radical (unpaired) electrons. The van der Waals surface area contributed by atoms with Crippen LogP contribution in [-0.2, 0) is 0 Å². The van der Waals surface area contributed by atoms with Gasteiger partial charge in [-0.1, -0.05) is 97.1 Å². The molecule has 0 saturated carbocycles. The zero-order chi connectivity index (χ0) is 28.5. The maximum atomic E-state index is 6.16. The van der Waals surface area contributed by atoms with Crippen molar-refractivity contribution in [2.24, 2.45) is 0 Å². The van der Waals surface area contributed by atoms with Crippen LogP contribution in [-0.4, -0.2) is 6.17 Å². The summed E-state index contributed by atoms with van der Waals surface area (Å²) in [6.07, 6.45) is 0.189. The number of rotatable bonds is 3. The fourth-order valence-electron chi connectivity index (χ4n) is 7.09. The van der Waals surface area contributed by atoms with E-state index in [1.54, 1.807) is 0 Å².